The van der Waals surface area contributed by atoms with Gasteiger partial charge in [-0.1, -0.05) is 17.7 Å². The lowest BCUT2D eigenvalue weighted by Gasteiger charge is -2.26. The first-order valence-corrected chi connectivity index (χ1v) is 13.7. The van der Waals surface area contributed by atoms with Crippen LogP contribution in [0.4, 0.5) is 20.3 Å². The molecule has 0 saturated carbocycles. The maximum absolute atomic E-state index is 14.1. The average Bonchev–Trinajstić information content (AvgIpc) is 3.14. The van der Waals surface area contributed by atoms with Crippen molar-refractivity contribution in [1.82, 2.24) is 14.8 Å². The number of alkyl halides is 2. The molecule has 0 radical (unpaired) electrons. The maximum atomic E-state index is 14.1. The average molecular weight is 537 g/mol. The van der Waals surface area contributed by atoms with Gasteiger partial charge in [0.1, 0.15) is 5.82 Å². The van der Waals surface area contributed by atoms with Crippen LogP contribution in [0.15, 0.2) is 41.6 Å². The molecular weight excluding hydrogens is 510 g/mol. The zero-order valence-electron chi connectivity index (χ0n) is 20.1. The van der Waals surface area contributed by atoms with Crippen molar-refractivity contribution in [2.45, 2.75) is 37.0 Å². The molecule has 0 aliphatic carbocycles. The summed E-state index contributed by atoms with van der Waals surface area (Å²) in [5.41, 5.74) is 2.02. The third-order valence-corrected chi connectivity index (χ3v) is 7.73. The Morgan fingerprint density at radius 2 is 2.03 bits per heavy atom. The summed E-state index contributed by atoms with van der Waals surface area (Å²) in [4.78, 5) is 20.2. The van der Waals surface area contributed by atoms with Crippen molar-refractivity contribution in [1.29, 1.82) is 4.78 Å². The van der Waals surface area contributed by atoms with Gasteiger partial charge in [-0.3, -0.25) is 9.48 Å². The van der Waals surface area contributed by atoms with E-state index in [-0.39, 0.29) is 47.1 Å². The summed E-state index contributed by atoms with van der Waals surface area (Å²) in [6.07, 6.45) is 4.30. The first-order chi connectivity index (χ1) is 16.9. The van der Waals surface area contributed by atoms with E-state index >= 15 is 0 Å². The van der Waals surface area contributed by atoms with Gasteiger partial charge in [0.2, 0.25) is 5.92 Å². The second-order valence-corrected chi connectivity index (χ2v) is 11.6. The van der Waals surface area contributed by atoms with E-state index in [0.29, 0.717) is 29.1 Å². The summed E-state index contributed by atoms with van der Waals surface area (Å²) in [5, 5.41) is 7.20. The number of pyridine rings is 1. The highest BCUT2D eigenvalue weighted by Crippen LogP contribution is 2.38. The van der Waals surface area contributed by atoms with Crippen molar-refractivity contribution >= 4 is 38.7 Å². The van der Waals surface area contributed by atoms with Gasteiger partial charge in [0, 0.05) is 61.6 Å². The fourth-order valence-corrected chi connectivity index (χ4v) is 5.12. The molecule has 2 N–H and O–H groups in total. The summed E-state index contributed by atoms with van der Waals surface area (Å²) in [6, 6.07) is 6.26. The van der Waals surface area contributed by atoms with E-state index < -0.39 is 21.6 Å². The van der Waals surface area contributed by atoms with Crippen molar-refractivity contribution in [3.05, 3.63) is 52.8 Å². The van der Waals surface area contributed by atoms with Gasteiger partial charge in [-0.2, -0.15) is 5.10 Å². The van der Waals surface area contributed by atoms with Crippen molar-refractivity contribution in [2.75, 3.05) is 29.6 Å². The van der Waals surface area contributed by atoms with Gasteiger partial charge in [-0.05, 0) is 37.1 Å². The van der Waals surface area contributed by atoms with E-state index in [9.17, 15) is 17.8 Å². The lowest BCUT2D eigenvalue weighted by atomic mass is 10.0. The van der Waals surface area contributed by atoms with Crippen LogP contribution in [0.3, 0.4) is 0 Å². The third kappa shape index (κ3) is 5.52. The van der Waals surface area contributed by atoms with Gasteiger partial charge in [0.25, 0.3) is 5.91 Å². The highest BCUT2D eigenvalue weighted by molar-refractivity contribution is 7.91. The van der Waals surface area contributed by atoms with Gasteiger partial charge in [-0.25, -0.2) is 22.8 Å². The molecule has 0 spiro atoms. The second-order valence-electron chi connectivity index (χ2n) is 9.02. The number of amides is 1. The summed E-state index contributed by atoms with van der Waals surface area (Å²) < 4.78 is 49.8. The molecule has 3 heterocycles. The molecule has 1 aliphatic heterocycles. The molecule has 1 amide bonds. The number of hydrogen-bond acceptors (Lipinski definition) is 6. The zero-order valence-corrected chi connectivity index (χ0v) is 21.7. The van der Waals surface area contributed by atoms with Crippen molar-refractivity contribution in [3.8, 4) is 11.3 Å². The number of nitrogens with one attached hydrogen (secondary N) is 2. The van der Waals surface area contributed by atoms with E-state index in [2.05, 4.69) is 10.4 Å². The second kappa shape index (κ2) is 9.78. The number of nitrogens with zero attached hydrogens (tertiary/aromatic N) is 4. The lowest BCUT2D eigenvalue weighted by molar-refractivity contribution is -0.0102. The number of hydrogen-bond donors (Lipinski definition) is 2. The molecule has 36 heavy (non-hydrogen) atoms. The number of halogens is 3. The smallest absolute Gasteiger partial charge is 0.259 e. The predicted octanol–water partition coefficient (Wildman–Crippen LogP) is 5.36. The fraction of sp³-hybridized carbons (Fsp3) is 0.375. The summed E-state index contributed by atoms with van der Waals surface area (Å²) in [5.74, 6) is -3.05. The number of anilines is 2. The molecule has 3 aromatic rings. The summed E-state index contributed by atoms with van der Waals surface area (Å²) >= 11 is 6.68. The molecule has 0 unspecified atom stereocenters. The van der Waals surface area contributed by atoms with Crippen LogP contribution in [0.25, 0.3) is 11.3 Å². The van der Waals surface area contributed by atoms with Crippen LogP contribution in [-0.2, 0) is 16.8 Å². The minimum atomic E-state index is -2.99. The molecule has 8 nitrogen and oxygen atoms in total. The monoisotopic (exact) mass is 536 g/mol. The Balaban J connectivity index is 1.81. The van der Waals surface area contributed by atoms with Crippen LogP contribution in [0.2, 0.25) is 5.02 Å². The Labute approximate surface area is 213 Å². The van der Waals surface area contributed by atoms with Crippen LogP contribution in [0.1, 0.15) is 35.2 Å². The van der Waals surface area contributed by atoms with Crippen molar-refractivity contribution < 1.29 is 17.8 Å². The lowest BCUT2D eigenvalue weighted by Crippen LogP contribution is -2.30. The Morgan fingerprint density at radius 3 is 2.69 bits per heavy atom. The maximum Gasteiger partial charge on any atom is 0.259 e. The van der Waals surface area contributed by atoms with Crippen molar-refractivity contribution in [3.63, 3.8) is 0 Å². The number of carbonyl (C=O) groups excluding carboxylic acids is 1. The van der Waals surface area contributed by atoms with E-state index in [1.807, 2.05) is 0 Å². The fourth-order valence-electron chi connectivity index (χ4n) is 4.19. The molecule has 192 valence electrons. The molecule has 1 saturated heterocycles. The third-order valence-electron chi connectivity index (χ3n) is 6.12. The number of benzene rings is 1. The summed E-state index contributed by atoms with van der Waals surface area (Å²) in [7, 11) is -1.23. The Kier molecular flexibility index (Phi) is 7.07. The van der Waals surface area contributed by atoms with Crippen LogP contribution in [0.5, 0.6) is 0 Å². The van der Waals surface area contributed by atoms with E-state index in [4.69, 9.17) is 21.4 Å². The molecule has 1 aromatic carbocycles. The van der Waals surface area contributed by atoms with Crippen molar-refractivity contribution in [2.24, 2.45) is 7.05 Å². The highest BCUT2D eigenvalue weighted by Gasteiger charge is 2.34. The van der Waals surface area contributed by atoms with Crippen LogP contribution in [-0.4, -0.2) is 50.1 Å². The molecule has 0 bridgehead atoms. The number of rotatable bonds is 5. The molecular formula is C24H27ClF2N6O2S. The highest BCUT2D eigenvalue weighted by atomic mass is 35.5. The molecule has 2 aromatic heterocycles. The molecule has 1 atom stereocenters. The topological polar surface area (TPSA) is 104 Å². The normalized spacial score (nSPS) is 17.3. The predicted molar refractivity (Wildman–Crippen MR) is 137 cm³/mol. The van der Waals surface area contributed by atoms with Crippen LogP contribution < -0.4 is 10.2 Å². The van der Waals surface area contributed by atoms with Crippen LogP contribution >= 0.6 is 11.6 Å². The minimum absolute atomic E-state index is 0.0278. The molecule has 1 aliphatic rings. The molecule has 4 rings (SSSR count). The van der Waals surface area contributed by atoms with Gasteiger partial charge in [-0.15, -0.1) is 0 Å². The largest absolute Gasteiger partial charge is 0.356 e. The quantitative estimate of drug-likeness (QED) is 0.457. The van der Waals surface area contributed by atoms with Gasteiger partial charge in [0.15, 0.2) is 0 Å². The van der Waals surface area contributed by atoms with E-state index in [0.717, 1.165) is 0 Å². The first-order valence-electron chi connectivity index (χ1n) is 11.3. The molecule has 12 heteroatoms. The van der Waals surface area contributed by atoms with Gasteiger partial charge < -0.3 is 10.2 Å². The Morgan fingerprint density at radius 1 is 1.28 bits per heavy atom. The number of carbonyl (C=O) groups is 1. The summed E-state index contributed by atoms with van der Waals surface area (Å²) in [6.45, 7) is 2.02. The number of aromatic nitrogens is 3. The minimum Gasteiger partial charge on any atom is -0.356 e. The Hall–Kier alpha value is -3.05. The standard InChI is InChI=1S/C24H27ClF2N6O2S/c1-15-19(23(34)30-17-6-4-7-18(12-17)36(3,28)35)22(33-10-5-8-24(26,27)9-11-33)31-21(20(15)25)16-13-29-32(2)14-16/h4,6-7,12-14,28H,5,8-11H2,1-3H3,(H,30,34)/t36-/m1/s1. The zero-order chi connectivity index (χ0) is 26.3. The van der Waals surface area contributed by atoms with Crippen LogP contribution in [0, 0.1) is 11.7 Å². The van der Waals surface area contributed by atoms with Gasteiger partial charge in [0.05, 0.1) is 32.2 Å². The Bertz CT molecular complexity index is 1420. The SMILES string of the molecule is Cc1c(Cl)c(-c2cnn(C)c2)nc(N2CCCC(F)(F)CC2)c1C(=O)Nc1cccc([S@](C)(=N)=O)c1. The molecule has 1 fully saturated rings. The van der Waals surface area contributed by atoms with Gasteiger partial charge >= 0.3 is 0 Å². The van der Waals surface area contributed by atoms with E-state index in [1.54, 1.807) is 54.1 Å². The number of aryl methyl sites for hydroxylation is 1. The first kappa shape index (κ1) is 26.0. The van der Waals surface area contributed by atoms with E-state index in [1.165, 1.54) is 12.3 Å².